The molecule has 2 aromatic rings. The first-order valence-corrected chi connectivity index (χ1v) is 7.48. The van der Waals surface area contributed by atoms with Gasteiger partial charge in [0.1, 0.15) is 5.82 Å². The highest BCUT2D eigenvalue weighted by molar-refractivity contribution is 5.91. The first-order chi connectivity index (χ1) is 9.67. The molecular weight excluding hydrogens is 246 g/mol. The molecule has 0 aliphatic carbocycles. The van der Waals surface area contributed by atoms with Crippen molar-refractivity contribution in [3.05, 3.63) is 36.5 Å². The van der Waals surface area contributed by atoms with Crippen molar-refractivity contribution in [2.75, 3.05) is 18.4 Å². The molecule has 1 aliphatic heterocycles. The van der Waals surface area contributed by atoms with E-state index in [0.717, 1.165) is 18.9 Å². The summed E-state index contributed by atoms with van der Waals surface area (Å²) in [6.45, 7) is 6.75. The average molecular weight is 269 g/mol. The lowest BCUT2D eigenvalue weighted by Crippen LogP contribution is -2.50. The van der Waals surface area contributed by atoms with Crippen LogP contribution in [0.3, 0.4) is 0 Å². The van der Waals surface area contributed by atoms with Crippen LogP contribution < -0.4 is 10.6 Å². The fourth-order valence-corrected chi connectivity index (χ4v) is 3.08. The Morgan fingerprint density at radius 3 is 3.00 bits per heavy atom. The predicted molar refractivity (Wildman–Crippen MR) is 85.0 cm³/mol. The van der Waals surface area contributed by atoms with E-state index < -0.39 is 0 Å². The van der Waals surface area contributed by atoms with E-state index in [0.29, 0.717) is 11.5 Å². The molecule has 3 rings (SSSR count). The van der Waals surface area contributed by atoms with E-state index in [-0.39, 0.29) is 0 Å². The Bertz CT molecular complexity index is 586. The monoisotopic (exact) mass is 269 g/mol. The molecule has 1 saturated heterocycles. The number of anilines is 1. The van der Waals surface area contributed by atoms with Crippen molar-refractivity contribution in [2.24, 2.45) is 5.41 Å². The number of rotatable bonds is 3. The van der Waals surface area contributed by atoms with Gasteiger partial charge < -0.3 is 10.6 Å². The summed E-state index contributed by atoms with van der Waals surface area (Å²) in [7, 11) is 0. The molecule has 106 valence electrons. The molecule has 0 saturated carbocycles. The maximum atomic E-state index is 4.50. The summed E-state index contributed by atoms with van der Waals surface area (Å²) in [5.74, 6) is 0.992. The van der Waals surface area contributed by atoms with E-state index in [2.05, 4.69) is 59.8 Å². The number of aromatic nitrogens is 1. The van der Waals surface area contributed by atoms with Crippen LogP contribution in [0.4, 0.5) is 5.82 Å². The number of pyridine rings is 1. The van der Waals surface area contributed by atoms with Crippen molar-refractivity contribution in [3.63, 3.8) is 0 Å². The number of fused-ring (bicyclic) bond motifs is 1. The molecule has 2 N–H and O–H groups in total. The summed E-state index contributed by atoms with van der Waals surface area (Å²) in [6.07, 6.45) is 4.44. The molecule has 0 amide bonds. The SMILES string of the molecule is CC1(C)CCCNC1CNc1nccc2ccccc12. The molecule has 0 bridgehead atoms. The molecule has 1 aromatic carbocycles. The second-order valence-electron chi connectivity index (χ2n) is 6.36. The van der Waals surface area contributed by atoms with Gasteiger partial charge in [-0.2, -0.15) is 0 Å². The number of nitrogens with one attached hydrogen (secondary N) is 2. The van der Waals surface area contributed by atoms with Crippen molar-refractivity contribution in [1.29, 1.82) is 0 Å². The van der Waals surface area contributed by atoms with Gasteiger partial charge in [-0.3, -0.25) is 0 Å². The lowest BCUT2D eigenvalue weighted by molar-refractivity contribution is 0.188. The first-order valence-electron chi connectivity index (χ1n) is 7.48. The maximum Gasteiger partial charge on any atom is 0.133 e. The topological polar surface area (TPSA) is 37.0 Å². The normalized spacial score (nSPS) is 21.8. The fraction of sp³-hybridized carbons (Fsp3) is 0.471. The van der Waals surface area contributed by atoms with Crippen molar-refractivity contribution in [1.82, 2.24) is 10.3 Å². The molecule has 1 unspecified atom stereocenters. The van der Waals surface area contributed by atoms with Crippen LogP contribution >= 0.6 is 0 Å². The first kappa shape index (κ1) is 13.4. The lowest BCUT2D eigenvalue weighted by atomic mass is 9.77. The Labute approximate surface area is 120 Å². The summed E-state index contributed by atoms with van der Waals surface area (Å²) < 4.78 is 0. The Kier molecular flexibility index (Phi) is 3.62. The van der Waals surface area contributed by atoms with Crippen LogP contribution in [0.5, 0.6) is 0 Å². The van der Waals surface area contributed by atoms with E-state index in [1.807, 2.05) is 6.20 Å². The van der Waals surface area contributed by atoms with Crippen LogP contribution in [0.2, 0.25) is 0 Å². The number of nitrogens with zero attached hydrogens (tertiary/aromatic N) is 1. The number of piperidine rings is 1. The summed E-state index contributed by atoms with van der Waals surface area (Å²) >= 11 is 0. The summed E-state index contributed by atoms with van der Waals surface area (Å²) in [4.78, 5) is 4.50. The van der Waals surface area contributed by atoms with Crippen LogP contribution in [0, 0.1) is 5.41 Å². The van der Waals surface area contributed by atoms with Gasteiger partial charge in [0.15, 0.2) is 0 Å². The number of hydrogen-bond donors (Lipinski definition) is 2. The third-order valence-electron chi connectivity index (χ3n) is 4.48. The summed E-state index contributed by atoms with van der Waals surface area (Å²) in [5, 5.41) is 9.61. The molecule has 0 spiro atoms. The van der Waals surface area contributed by atoms with Crippen LogP contribution in [-0.4, -0.2) is 24.1 Å². The molecule has 1 fully saturated rings. The molecular formula is C17H23N3. The van der Waals surface area contributed by atoms with E-state index >= 15 is 0 Å². The highest BCUT2D eigenvalue weighted by atomic mass is 15.0. The van der Waals surface area contributed by atoms with Gasteiger partial charge >= 0.3 is 0 Å². The highest BCUT2D eigenvalue weighted by Crippen LogP contribution is 2.30. The number of hydrogen-bond acceptors (Lipinski definition) is 3. The van der Waals surface area contributed by atoms with Gasteiger partial charge in [0.25, 0.3) is 0 Å². The van der Waals surface area contributed by atoms with Crippen molar-refractivity contribution in [3.8, 4) is 0 Å². The number of benzene rings is 1. The fourth-order valence-electron chi connectivity index (χ4n) is 3.08. The third kappa shape index (κ3) is 2.63. The van der Waals surface area contributed by atoms with Crippen LogP contribution in [0.25, 0.3) is 10.8 Å². The second kappa shape index (κ2) is 5.41. The third-order valence-corrected chi connectivity index (χ3v) is 4.48. The average Bonchev–Trinajstić information content (AvgIpc) is 2.46. The van der Waals surface area contributed by atoms with Crippen LogP contribution in [-0.2, 0) is 0 Å². The Hall–Kier alpha value is -1.61. The van der Waals surface area contributed by atoms with Crippen LogP contribution in [0.1, 0.15) is 26.7 Å². The van der Waals surface area contributed by atoms with Gasteiger partial charge in [-0.15, -0.1) is 0 Å². The van der Waals surface area contributed by atoms with Crippen molar-refractivity contribution in [2.45, 2.75) is 32.7 Å². The Morgan fingerprint density at radius 1 is 1.30 bits per heavy atom. The van der Waals surface area contributed by atoms with Gasteiger partial charge in [-0.05, 0) is 36.3 Å². The van der Waals surface area contributed by atoms with E-state index in [1.54, 1.807) is 0 Å². The minimum Gasteiger partial charge on any atom is -0.368 e. The molecule has 20 heavy (non-hydrogen) atoms. The zero-order chi connectivity index (χ0) is 14.0. The molecule has 1 aliphatic rings. The Balaban J connectivity index is 1.77. The highest BCUT2D eigenvalue weighted by Gasteiger charge is 2.31. The molecule has 1 aromatic heterocycles. The molecule has 1 atom stereocenters. The second-order valence-corrected chi connectivity index (χ2v) is 6.36. The molecule has 3 nitrogen and oxygen atoms in total. The van der Waals surface area contributed by atoms with Gasteiger partial charge in [0.05, 0.1) is 0 Å². The van der Waals surface area contributed by atoms with E-state index in [1.165, 1.54) is 23.6 Å². The Morgan fingerprint density at radius 2 is 2.15 bits per heavy atom. The van der Waals surface area contributed by atoms with Gasteiger partial charge in [0.2, 0.25) is 0 Å². The van der Waals surface area contributed by atoms with Gasteiger partial charge in [0, 0.05) is 24.2 Å². The minimum absolute atomic E-state index is 0.343. The summed E-state index contributed by atoms with van der Waals surface area (Å²) in [6, 6.07) is 10.9. The minimum atomic E-state index is 0.343. The van der Waals surface area contributed by atoms with E-state index in [4.69, 9.17) is 0 Å². The van der Waals surface area contributed by atoms with Gasteiger partial charge in [-0.1, -0.05) is 38.1 Å². The summed E-state index contributed by atoms with van der Waals surface area (Å²) in [5.41, 5.74) is 0.343. The standard InChI is InChI=1S/C17H23N3/c1-17(2)9-5-10-18-15(17)12-20-16-14-7-4-3-6-13(14)8-11-19-16/h3-4,6-8,11,15,18H,5,9-10,12H2,1-2H3,(H,19,20). The zero-order valence-corrected chi connectivity index (χ0v) is 12.3. The molecule has 0 radical (unpaired) electrons. The van der Waals surface area contributed by atoms with Crippen molar-refractivity contribution >= 4 is 16.6 Å². The molecule has 2 heterocycles. The smallest absolute Gasteiger partial charge is 0.133 e. The predicted octanol–water partition coefficient (Wildman–Crippen LogP) is 3.42. The van der Waals surface area contributed by atoms with E-state index in [9.17, 15) is 0 Å². The largest absolute Gasteiger partial charge is 0.368 e. The quantitative estimate of drug-likeness (QED) is 0.896. The maximum absolute atomic E-state index is 4.50. The zero-order valence-electron chi connectivity index (χ0n) is 12.3. The van der Waals surface area contributed by atoms with Gasteiger partial charge in [-0.25, -0.2) is 4.98 Å². The van der Waals surface area contributed by atoms with Crippen LogP contribution in [0.15, 0.2) is 36.5 Å². The lowest BCUT2D eigenvalue weighted by Gasteiger charge is -2.39. The van der Waals surface area contributed by atoms with Crippen molar-refractivity contribution < 1.29 is 0 Å². The molecule has 3 heteroatoms.